The fourth-order valence-corrected chi connectivity index (χ4v) is 6.54. The number of sulfonamides is 1. The highest BCUT2D eigenvalue weighted by atomic mass is 32.2. The van der Waals surface area contributed by atoms with Crippen molar-refractivity contribution >= 4 is 38.6 Å². The summed E-state index contributed by atoms with van der Waals surface area (Å²) in [6.45, 7) is 5.03. The SMILES string of the molecule is Cc1noc(C)c1S(=O)(=O)N1CCCNC(=O)[C@@H](Cc2c[nH]c3ccccc23)NC(=O)[C@H](C)NC(=O)CCC1. The van der Waals surface area contributed by atoms with E-state index >= 15 is 0 Å². The van der Waals surface area contributed by atoms with E-state index in [0.717, 1.165) is 16.5 Å². The molecule has 4 N–H and O–H groups in total. The molecule has 2 aromatic heterocycles. The minimum Gasteiger partial charge on any atom is -0.361 e. The van der Waals surface area contributed by atoms with E-state index in [4.69, 9.17) is 4.52 Å². The van der Waals surface area contributed by atoms with Crippen LogP contribution in [0.15, 0.2) is 39.9 Å². The van der Waals surface area contributed by atoms with Crippen LogP contribution in [0.5, 0.6) is 0 Å². The maximum absolute atomic E-state index is 13.4. The molecule has 3 heterocycles. The first-order chi connectivity index (χ1) is 18.6. The van der Waals surface area contributed by atoms with E-state index in [-0.39, 0.29) is 61.2 Å². The third kappa shape index (κ3) is 6.48. The van der Waals surface area contributed by atoms with Gasteiger partial charge in [0.15, 0.2) is 5.76 Å². The van der Waals surface area contributed by atoms with Gasteiger partial charge in [0.2, 0.25) is 27.7 Å². The molecule has 1 aromatic carbocycles. The van der Waals surface area contributed by atoms with Gasteiger partial charge in [-0.3, -0.25) is 14.4 Å². The molecule has 0 unspecified atom stereocenters. The number of aromatic amines is 1. The Labute approximate surface area is 226 Å². The summed E-state index contributed by atoms with van der Waals surface area (Å²) in [7, 11) is -3.95. The number of nitrogens with one attached hydrogen (secondary N) is 4. The molecule has 1 fully saturated rings. The maximum atomic E-state index is 13.4. The molecule has 0 spiro atoms. The number of hydrogen-bond donors (Lipinski definition) is 4. The third-order valence-electron chi connectivity index (χ3n) is 6.76. The number of rotatable bonds is 4. The highest BCUT2D eigenvalue weighted by Crippen LogP contribution is 2.24. The van der Waals surface area contributed by atoms with Crippen molar-refractivity contribution in [3.8, 4) is 0 Å². The topological polar surface area (TPSA) is 166 Å². The lowest BCUT2D eigenvalue weighted by Gasteiger charge is -2.22. The van der Waals surface area contributed by atoms with Crippen LogP contribution < -0.4 is 16.0 Å². The number of amides is 3. The molecule has 210 valence electrons. The minimum atomic E-state index is -3.95. The molecular weight excluding hydrogens is 524 g/mol. The fourth-order valence-electron chi connectivity index (χ4n) is 4.74. The zero-order valence-electron chi connectivity index (χ0n) is 22.2. The van der Waals surface area contributed by atoms with E-state index in [1.807, 2.05) is 30.5 Å². The van der Waals surface area contributed by atoms with E-state index < -0.39 is 33.9 Å². The number of carbonyl (C=O) groups excluding carboxylic acids is 3. The molecular formula is C26H34N6O6S. The second kappa shape index (κ2) is 12.0. The molecule has 1 aliphatic rings. The van der Waals surface area contributed by atoms with Crippen LogP contribution in [0, 0.1) is 13.8 Å². The zero-order valence-corrected chi connectivity index (χ0v) is 23.1. The highest BCUT2D eigenvalue weighted by molar-refractivity contribution is 7.89. The van der Waals surface area contributed by atoms with Gasteiger partial charge in [0.25, 0.3) is 0 Å². The lowest BCUT2D eigenvalue weighted by atomic mass is 10.0. The van der Waals surface area contributed by atoms with Crippen LogP contribution in [0.25, 0.3) is 10.9 Å². The van der Waals surface area contributed by atoms with Crippen LogP contribution in [0.3, 0.4) is 0 Å². The molecule has 1 aliphatic heterocycles. The average Bonchev–Trinajstić information content (AvgIpc) is 3.46. The summed E-state index contributed by atoms with van der Waals surface area (Å²) in [4.78, 5) is 41.9. The predicted molar refractivity (Wildman–Crippen MR) is 143 cm³/mol. The van der Waals surface area contributed by atoms with Gasteiger partial charge >= 0.3 is 0 Å². The summed E-state index contributed by atoms with van der Waals surface area (Å²) in [6.07, 6.45) is 2.64. The molecule has 1 saturated heterocycles. The average molecular weight is 559 g/mol. The van der Waals surface area contributed by atoms with Crippen LogP contribution in [-0.4, -0.2) is 72.3 Å². The lowest BCUT2D eigenvalue weighted by molar-refractivity contribution is -0.131. The molecule has 3 amide bonds. The minimum absolute atomic E-state index is 0.0103. The zero-order chi connectivity index (χ0) is 28.2. The number of fused-ring (bicyclic) bond motifs is 1. The number of para-hydroxylation sites is 1. The molecule has 2 atom stereocenters. The monoisotopic (exact) mass is 558 g/mol. The van der Waals surface area contributed by atoms with Gasteiger partial charge < -0.3 is 25.5 Å². The number of aromatic nitrogens is 2. The first-order valence-electron chi connectivity index (χ1n) is 12.9. The fraction of sp³-hybridized carbons (Fsp3) is 0.462. The summed E-state index contributed by atoms with van der Waals surface area (Å²) in [6, 6.07) is 5.87. The summed E-state index contributed by atoms with van der Waals surface area (Å²) < 4.78 is 33.2. The van der Waals surface area contributed by atoms with Gasteiger partial charge in [-0.2, -0.15) is 4.31 Å². The Morgan fingerprint density at radius 3 is 2.54 bits per heavy atom. The van der Waals surface area contributed by atoms with Crippen molar-refractivity contribution in [2.45, 2.75) is 63.4 Å². The largest absolute Gasteiger partial charge is 0.361 e. The van der Waals surface area contributed by atoms with Crippen LogP contribution in [0.2, 0.25) is 0 Å². The van der Waals surface area contributed by atoms with Crippen molar-refractivity contribution in [1.29, 1.82) is 0 Å². The van der Waals surface area contributed by atoms with Gasteiger partial charge in [-0.1, -0.05) is 23.4 Å². The standard InChI is InChI=1S/C26H34N6O6S/c1-16-24(18(3)38-31-16)39(36,37)32-12-6-10-23(33)29-17(2)25(34)30-22(26(35)27-11-7-13-32)14-19-15-28-21-9-5-4-8-20(19)21/h4-5,8-9,15,17,22,28H,6-7,10-14H2,1-3H3,(H,27,35)(H,29,33)(H,30,34)/t17-,22+/m0/s1. The van der Waals surface area contributed by atoms with Gasteiger partial charge in [0, 0.05) is 49.6 Å². The summed E-state index contributed by atoms with van der Waals surface area (Å²) in [5.74, 6) is -1.09. The van der Waals surface area contributed by atoms with E-state index in [0.29, 0.717) is 6.42 Å². The number of hydrogen-bond acceptors (Lipinski definition) is 7. The van der Waals surface area contributed by atoms with Crippen molar-refractivity contribution < 1.29 is 27.3 Å². The molecule has 0 radical (unpaired) electrons. The van der Waals surface area contributed by atoms with Gasteiger partial charge in [0.05, 0.1) is 0 Å². The van der Waals surface area contributed by atoms with E-state index in [9.17, 15) is 22.8 Å². The normalized spacial score (nSPS) is 21.1. The van der Waals surface area contributed by atoms with Crippen molar-refractivity contribution in [1.82, 2.24) is 30.4 Å². The van der Waals surface area contributed by atoms with Crippen LogP contribution in [-0.2, 0) is 30.8 Å². The summed E-state index contributed by atoms with van der Waals surface area (Å²) in [5, 5.41) is 13.0. The van der Waals surface area contributed by atoms with Gasteiger partial charge in [-0.05, 0) is 45.2 Å². The van der Waals surface area contributed by atoms with Crippen LogP contribution in [0.4, 0.5) is 0 Å². The quantitative estimate of drug-likeness (QED) is 0.374. The molecule has 39 heavy (non-hydrogen) atoms. The first kappa shape index (κ1) is 28.3. The Morgan fingerprint density at radius 2 is 1.79 bits per heavy atom. The van der Waals surface area contributed by atoms with E-state index in [1.165, 1.54) is 11.2 Å². The second-order valence-electron chi connectivity index (χ2n) is 9.72. The Morgan fingerprint density at radius 1 is 1.05 bits per heavy atom. The van der Waals surface area contributed by atoms with Crippen molar-refractivity contribution in [3.63, 3.8) is 0 Å². The molecule has 3 aromatic rings. The maximum Gasteiger partial charge on any atom is 0.248 e. The number of aryl methyl sites for hydroxylation is 2. The molecule has 12 nitrogen and oxygen atoms in total. The number of nitrogens with zero attached hydrogens (tertiary/aromatic N) is 2. The van der Waals surface area contributed by atoms with Crippen LogP contribution in [0.1, 0.15) is 43.2 Å². The lowest BCUT2D eigenvalue weighted by Crippen LogP contribution is -2.53. The Kier molecular flexibility index (Phi) is 8.70. The van der Waals surface area contributed by atoms with E-state index in [2.05, 4.69) is 26.1 Å². The molecule has 4 rings (SSSR count). The smallest absolute Gasteiger partial charge is 0.248 e. The Bertz CT molecular complexity index is 1440. The second-order valence-corrected chi connectivity index (χ2v) is 11.6. The molecule has 0 bridgehead atoms. The van der Waals surface area contributed by atoms with Gasteiger partial charge in [-0.25, -0.2) is 8.42 Å². The molecule has 13 heteroatoms. The Balaban J connectivity index is 1.55. The summed E-state index contributed by atoms with van der Waals surface area (Å²) in [5.41, 5.74) is 2.03. The van der Waals surface area contributed by atoms with Crippen molar-refractivity contribution in [3.05, 3.63) is 47.5 Å². The molecule has 0 saturated carbocycles. The van der Waals surface area contributed by atoms with Gasteiger partial charge in [0.1, 0.15) is 22.7 Å². The highest BCUT2D eigenvalue weighted by Gasteiger charge is 2.31. The van der Waals surface area contributed by atoms with Crippen LogP contribution >= 0.6 is 0 Å². The number of H-pyrrole nitrogens is 1. The van der Waals surface area contributed by atoms with E-state index in [1.54, 1.807) is 13.8 Å². The molecule has 0 aliphatic carbocycles. The first-order valence-corrected chi connectivity index (χ1v) is 14.4. The van der Waals surface area contributed by atoms with Crippen molar-refractivity contribution in [2.24, 2.45) is 0 Å². The summed E-state index contributed by atoms with van der Waals surface area (Å²) >= 11 is 0. The van der Waals surface area contributed by atoms with Crippen molar-refractivity contribution in [2.75, 3.05) is 19.6 Å². The Hall–Kier alpha value is -3.71. The predicted octanol–water partition coefficient (Wildman–Crippen LogP) is 1.30. The number of benzene rings is 1. The van der Waals surface area contributed by atoms with Gasteiger partial charge in [-0.15, -0.1) is 0 Å². The third-order valence-corrected chi connectivity index (χ3v) is 8.91. The number of carbonyl (C=O) groups is 3.